The molecule has 1 aliphatic heterocycles. The smallest absolute Gasteiger partial charge is 0.365 e. The Balaban J connectivity index is 1.12. The van der Waals surface area contributed by atoms with Gasteiger partial charge in [0.2, 0.25) is 0 Å². The highest BCUT2D eigenvalue weighted by atomic mass is 35.5. The molecule has 2 aromatic carbocycles. The summed E-state index contributed by atoms with van der Waals surface area (Å²) in [4.78, 5) is 31.2. The lowest BCUT2D eigenvalue weighted by atomic mass is 10.0. The number of anilines is 1. The summed E-state index contributed by atoms with van der Waals surface area (Å²) in [7, 11) is 0. The van der Waals surface area contributed by atoms with E-state index in [0.717, 1.165) is 60.5 Å². The standard InChI is InChI=1S/C28H24Cl2N6O4/c1-31-26-27(37)32-28(38)36(33-26)18-9-7-17(8-10-18)35-13-11-19(12-14-35)39-15-20-24(34-40-25(20)16-5-6-16)23-21(29)3-2-4-22(23)30/h2-4,7-10,16,19H,5-6,11-15H2,(H,32,37,38). The summed E-state index contributed by atoms with van der Waals surface area (Å²) >= 11 is 13.0. The van der Waals surface area contributed by atoms with Crippen LogP contribution in [-0.2, 0) is 11.3 Å². The van der Waals surface area contributed by atoms with E-state index in [0.29, 0.717) is 39.5 Å². The van der Waals surface area contributed by atoms with E-state index in [4.69, 9.17) is 39.0 Å². The predicted molar refractivity (Wildman–Crippen MR) is 151 cm³/mol. The summed E-state index contributed by atoms with van der Waals surface area (Å²) in [6.07, 6.45) is 3.89. The molecule has 0 amide bonds. The van der Waals surface area contributed by atoms with E-state index in [9.17, 15) is 9.59 Å². The molecule has 0 spiro atoms. The first-order chi connectivity index (χ1) is 19.4. The van der Waals surface area contributed by atoms with E-state index >= 15 is 0 Å². The van der Waals surface area contributed by atoms with Gasteiger partial charge in [-0.3, -0.25) is 9.78 Å². The van der Waals surface area contributed by atoms with Crippen LogP contribution in [0.1, 0.15) is 42.9 Å². The Kier molecular flexibility index (Phi) is 7.19. The van der Waals surface area contributed by atoms with Crippen LogP contribution in [0, 0.1) is 6.57 Å². The van der Waals surface area contributed by atoms with E-state index in [-0.39, 0.29) is 11.9 Å². The summed E-state index contributed by atoms with van der Waals surface area (Å²) in [5.74, 6) is 0.840. The molecule has 0 radical (unpaired) electrons. The van der Waals surface area contributed by atoms with Crippen molar-refractivity contribution in [2.75, 3.05) is 18.0 Å². The molecule has 4 aromatic rings. The quantitative estimate of drug-likeness (QED) is 0.288. The number of ether oxygens (including phenoxy) is 1. The molecule has 1 saturated carbocycles. The van der Waals surface area contributed by atoms with Gasteiger partial charge < -0.3 is 19.0 Å². The van der Waals surface area contributed by atoms with Gasteiger partial charge in [-0.2, -0.15) is 0 Å². The second-order valence-corrected chi connectivity index (χ2v) is 10.7. The topological polar surface area (TPSA) is 111 Å². The molecular formula is C28H24Cl2N6O4. The van der Waals surface area contributed by atoms with E-state index in [1.54, 1.807) is 30.3 Å². The van der Waals surface area contributed by atoms with Gasteiger partial charge in [0.15, 0.2) is 0 Å². The minimum Gasteiger partial charge on any atom is -0.373 e. The van der Waals surface area contributed by atoms with Gasteiger partial charge in [-0.1, -0.05) is 41.0 Å². The minimum atomic E-state index is -0.797. The molecule has 0 bridgehead atoms. The molecule has 204 valence electrons. The zero-order valence-electron chi connectivity index (χ0n) is 21.3. The van der Waals surface area contributed by atoms with Crippen LogP contribution in [0.5, 0.6) is 0 Å². The van der Waals surface area contributed by atoms with Crippen LogP contribution < -0.4 is 16.1 Å². The summed E-state index contributed by atoms with van der Waals surface area (Å²) in [5.41, 5.74) is 2.20. The number of aromatic nitrogens is 4. The highest BCUT2D eigenvalue weighted by molar-refractivity contribution is 6.39. The Morgan fingerprint density at radius 2 is 1.70 bits per heavy atom. The monoisotopic (exact) mass is 578 g/mol. The zero-order valence-corrected chi connectivity index (χ0v) is 22.8. The third kappa shape index (κ3) is 5.16. The maximum atomic E-state index is 12.2. The molecule has 1 aliphatic carbocycles. The van der Waals surface area contributed by atoms with Crippen molar-refractivity contribution in [1.82, 2.24) is 19.9 Å². The van der Waals surface area contributed by atoms with Crippen molar-refractivity contribution in [3.63, 3.8) is 0 Å². The average molecular weight is 579 g/mol. The van der Waals surface area contributed by atoms with Crippen molar-refractivity contribution >= 4 is 34.7 Å². The van der Waals surface area contributed by atoms with Gasteiger partial charge in [0.1, 0.15) is 11.5 Å². The summed E-state index contributed by atoms with van der Waals surface area (Å²) in [6, 6.07) is 12.7. The fourth-order valence-corrected chi connectivity index (χ4v) is 5.55. The van der Waals surface area contributed by atoms with Gasteiger partial charge in [0.25, 0.3) is 5.56 Å². The van der Waals surface area contributed by atoms with Crippen LogP contribution in [-0.4, -0.2) is 39.1 Å². The van der Waals surface area contributed by atoms with Crippen molar-refractivity contribution in [2.24, 2.45) is 0 Å². The SMILES string of the molecule is [C-]#[N+]c1nn(-c2ccc(N3CCC(OCc4c(-c5c(Cl)cccc5Cl)noc4C4CC4)CC3)cc2)c(=O)[nH]c1=O. The molecule has 12 heteroatoms. The van der Waals surface area contributed by atoms with Gasteiger partial charge in [-0.15, -0.1) is 4.68 Å². The lowest BCUT2D eigenvalue weighted by molar-refractivity contribution is 0.0246. The summed E-state index contributed by atoms with van der Waals surface area (Å²) in [5, 5.41) is 9.25. The molecule has 1 N–H and O–H groups in total. The number of H-pyrrole nitrogens is 1. The van der Waals surface area contributed by atoms with Crippen LogP contribution in [0.15, 0.2) is 56.6 Å². The van der Waals surface area contributed by atoms with Crippen molar-refractivity contribution in [1.29, 1.82) is 0 Å². The Hall–Kier alpha value is -3.91. The first kappa shape index (κ1) is 26.3. The molecule has 0 atom stereocenters. The largest absolute Gasteiger partial charge is 0.373 e. The normalized spacial score (nSPS) is 15.8. The first-order valence-electron chi connectivity index (χ1n) is 12.9. The van der Waals surface area contributed by atoms with Crippen molar-refractivity contribution in [3.05, 3.63) is 96.1 Å². The minimum absolute atomic E-state index is 0.0722. The third-order valence-electron chi connectivity index (χ3n) is 7.25. The van der Waals surface area contributed by atoms with Crippen LogP contribution in [0.4, 0.5) is 11.5 Å². The molecule has 0 unspecified atom stereocenters. The summed E-state index contributed by atoms with van der Waals surface area (Å²) < 4.78 is 13.2. The highest BCUT2D eigenvalue weighted by Crippen LogP contribution is 2.46. The lowest BCUT2D eigenvalue weighted by Crippen LogP contribution is -2.37. The van der Waals surface area contributed by atoms with E-state index in [1.807, 2.05) is 12.1 Å². The number of hydrogen-bond donors (Lipinski definition) is 1. The average Bonchev–Trinajstić information content (AvgIpc) is 3.72. The molecule has 40 heavy (non-hydrogen) atoms. The Labute approximate surface area is 238 Å². The molecule has 10 nitrogen and oxygen atoms in total. The molecule has 6 rings (SSSR count). The van der Waals surface area contributed by atoms with Crippen LogP contribution in [0.25, 0.3) is 21.8 Å². The van der Waals surface area contributed by atoms with Gasteiger partial charge >= 0.3 is 11.5 Å². The third-order valence-corrected chi connectivity index (χ3v) is 7.88. The van der Waals surface area contributed by atoms with Crippen molar-refractivity contribution in [3.8, 4) is 16.9 Å². The molecule has 3 heterocycles. The summed E-state index contributed by atoms with van der Waals surface area (Å²) in [6.45, 7) is 9.03. The zero-order chi connectivity index (χ0) is 27.8. The van der Waals surface area contributed by atoms with Crippen molar-refractivity contribution in [2.45, 2.75) is 44.3 Å². The fraction of sp³-hybridized carbons (Fsp3) is 0.321. The van der Waals surface area contributed by atoms with Gasteiger partial charge in [-0.05, 0) is 67.2 Å². The number of halogens is 2. The number of benzene rings is 2. The maximum Gasteiger partial charge on any atom is 0.365 e. The van der Waals surface area contributed by atoms with E-state index < -0.39 is 11.2 Å². The number of nitrogens with zero attached hydrogens (tertiary/aromatic N) is 5. The van der Waals surface area contributed by atoms with Crippen LogP contribution >= 0.6 is 23.2 Å². The molecule has 2 aliphatic rings. The highest BCUT2D eigenvalue weighted by Gasteiger charge is 2.34. The van der Waals surface area contributed by atoms with Crippen LogP contribution in [0.3, 0.4) is 0 Å². The molecule has 1 saturated heterocycles. The van der Waals surface area contributed by atoms with Gasteiger partial charge in [0, 0.05) is 35.8 Å². The molecule has 2 aromatic heterocycles. The Morgan fingerprint density at radius 1 is 1.02 bits per heavy atom. The Bertz CT molecular complexity index is 1690. The van der Waals surface area contributed by atoms with Crippen molar-refractivity contribution < 1.29 is 9.26 Å². The Morgan fingerprint density at radius 3 is 2.35 bits per heavy atom. The van der Waals surface area contributed by atoms with E-state index in [1.165, 1.54) is 0 Å². The predicted octanol–water partition coefficient (Wildman–Crippen LogP) is 5.50. The molecular weight excluding hydrogens is 555 g/mol. The number of piperidine rings is 1. The van der Waals surface area contributed by atoms with Crippen LogP contribution in [0.2, 0.25) is 10.0 Å². The lowest BCUT2D eigenvalue weighted by Gasteiger charge is -2.33. The molecule has 2 fully saturated rings. The fourth-order valence-electron chi connectivity index (χ4n) is 4.97. The number of hydrogen-bond acceptors (Lipinski definition) is 7. The first-order valence-corrected chi connectivity index (χ1v) is 13.7. The number of aromatic amines is 1. The second-order valence-electron chi connectivity index (χ2n) is 9.87. The second kappa shape index (κ2) is 10.9. The maximum absolute atomic E-state index is 12.2. The number of rotatable bonds is 7. The van der Waals surface area contributed by atoms with Gasteiger partial charge in [-0.25, -0.2) is 4.79 Å². The van der Waals surface area contributed by atoms with Gasteiger partial charge in [0.05, 0.1) is 28.4 Å². The van der Waals surface area contributed by atoms with E-state index in [2.05, 4.69) is 25.0 Å². The number of nitrogens with one attached hydrogen (secondary N) is 1.